The molecular formula is C33H61N5O. The van der Waals surface area contributed by atoms with Crippen molar-refractivity contribution in [2.45, 2.75) is 78.2 Å². The van der Waals surface area contributed by atoms with Crippen molar-refractivity contribution < 1.29 is 5.11 Å². The summed E-state index contributed by atoms with van der Waals surface area (Å²) in [7, 11) is 1.00. The van der Waals surface area contributed by atoms with Crippen molar-refractivity contribution in [2.75, 3.05) is 66.0 Å². The highest BCUT2D eigenvalue weighted by molar-refractivity contribution is 5.36. The van der Waals surface area contributed by atoms with Crippen LogP contribution >= 0.6 is 0 Å². The zero-order valence-electron chi connectivity index (χ0n) is 25.8. The third-order valence-corrected chi connectivity index (χ3v) is 8.29. The van der Waals surface area contributed by atoms with E-state index >= 15 is 0 Å². The van der Waals surface area contributed by atoms with E-state index in [2.05, 4.69) is 65.2 Å². The molecule has 2 saturated heterocycles. The highest BCUT2D eigenvalue weighted by Gasteiger charge is 2.27. The molecule has 0 unspecified atom stereocenters. The quantitative estimate of drug-likeness (QED) is 0.242. The Bertz CT molecular complexity index is 737. The molecule has 0 aromatic heterocycles. The fourth-order valence-electron chi connectivity index (χ4n) is 5.79. The first-order valence-electron chi connectivity index (χ1n) is 15.4. The van der Waals surface area contributed by atoms with Crippen molar-refractivity contribution in [3.8, 4) is 0 Å². The lowest BCUT2D eigenvalue weighted by molar-refractivity contribution is 0.0653. The van der Waals surface area contributed by atoms with Gasteiger partial charge in [0.15, 0.2) is 0 Å². The van der Waals surface area contributed by atoms with Crippen LogP contribution in [0, 0.1) is 5.92 Å². The van der Waals surface area contributed by atoms with Crippen LogP contribution in [0.25, 0.3) is 0 Å². The van der Waals surface area contributed by atoms with E-state index in [9.17, 15) is 0 Å². The number of nitrogens with two attached hydrogens (primary N) is 1. The van der Waals surface area contributed by atoms with Crippen LogP contribution in [0.5, 0.6) is 0 Å². The van der Waals surface area contributed by atoms with Crippen LogP contribution in [-0.4, -0.2) is 91.9 Å². The minimum atomic E-state index is 0.773. The summed E-state index contributed by atoms with van der Waals surface area (Å²) >= 11 is 0. The maximum Gasteiger partial charge on any atom is 0.0355 e. The number of nitrogens with zero attached hydrogens (tertiary/aromatic N) is 3. The van der Waals surface area contributed by atoms with Gasteiger partial charge < -0.3 is 16.2 Å². The van der Waals surface area contributed by atoms with Gasteiger partial charge in [-0.3, -0.25) is 14.7 Å². The summed E-state index contributed by atoms with van der Waals surface area (Å²) in [5.41, 5.74) is 9.47. The smallest absolute Gasteiger partial charge is 0.0355 e. The summed E-state index contributed by atoms with van der Waals surface area (Å²) in [6, 6.07) is 0.773. The molecule has 1 aliphatic carbocycles. The molecule has 0 atom stereocenters. The number of nitrogens with one attached hydrogen (secondary N) is 1. The zero-order chi connectivity index (χ0) is 28.9. The van der Waals surface area contributed by atoms with Gasteiger partial charge in [-0.25, -0.2) is 0 Å². The second-order valence-electron chi connectivity index (χ2n) is 10.9. The predicted molar refractivity (Wildman–Crippen MR) is 171 cm³/mol. The lowest BCUT2D eigenvalue weighted by Crippen LogP contribution is -2.53. The van der Waals surface area contributed by atoms with E-state index in [1.54, 1.807) is 17.8 Å². The molecule has 6 nitrogen and oxygen atoms in total. The number of hydrogen-bond acceptors (Lipinski definition) is 6. The Hall–Kier alpha value is -1.86. The van der Waals surface area contributed by atoms with Gasteiger partial charge in [-0.2, -0.15) is 0 Å². The number of rotatable bonds is 11. The third-order valence-electron chi connectivity index (χ3n) is 8.29. The Kier molecular flexibility index (Phi) is 19.7. The van der Waals surface area contributed by atoms with Gasteiger partial charge in [-0.05, 0) is 65.0 Å². The summed E-state index contributed by atoms with van der Waals surface area (Å²) in [5, 5.41) is 10.5. The molecule has 3 aliphatic rings. The van der Waals surface area contributed by atoms with Crippen molar-refractivity contribution in [3.05, 3.63) is 60.5 Å². The van der Waals surface area contributed by atoms with E-state index in [1.807, 2.05) is 6.92 Å². The van der Waals surface area contributed by atoms with Gasteiger partial charge in [0.1, 0.15) is 0 Å². The fourth-order valence-corrected chi connectivity index (χ4v) is 5.79. The summed E-state index contributed by atoms with van der Waals surface area (Å²) in [6.07, 6.45) is 20.8. The van der Waals surface area contributed by atoms with Crippen molar-refractivity contribution in [1.82, 2.24) is 20.0 Å². The molecule has 0 aromatic rings. The second-order valence-corrected chi connectivity index (χ2v) is 10.9. The molecule has 2 aliphatic heterocycles. The first-order chi connectivity index (χ1) is 19.0. The van der Waals surface area contributed by atoms with Crippen LogP contribution in [0.1, 0.15) is 72.1 Å². The van der Waals surface area contributed by atoms with Gasteiger partial charge in [0.05, 0.1) is 0 Å². The molecule has 0 amide bonds. The summed E-state index contributed by atoms with van der Waals surface area (Å²) in [5.74, 6) is 0.791. The lowest BCUT2D eigenvalue weighted by Gasteiger charge is -2.42. The molecule has 6 heteroatoms. The number of piperidine rings is 1. The number of piperazine rings is 1. The Morgan fingerprint density at radius 2 is 1.56 bits per heavy atom. The molecule has 1 saturated carbocycles. The normalized spacial score (nSPS) is 21.1. The Morgan fingerprint density at radius 1 is 0.949 bits per heavy atom. The predicted octanol–water partition coefficient (Wildman–Crippen LogP) is 5.31. The monoisotopic (exact) mass is 543 g/mol. The molecule has 3 fully saturated rings. The molecule has 0 radical (unpaired) electrons. The zero-order valence-corrected chi connectivity index (χ0v) is 25.8. The SMILES string of the molecule is C=C(NCC1CCCCC1)C(/C=C\CN1CCN(C2CCN(C/C(=C/C)CC)CC2)CC1)=C/N.C=CC.CO. The standard InChI is InChI=1S/C29H51N5.C3H6.CH4O/c1-4-26(5-2)24-33-16-13-29(14-17-33)34-20-18-32(19-21-34)15-9-12-28(22-30)25(3)31-23-27-10-7-6-8-11-27;1-3-2;1-2/h4,9,12,22,27,29,31H,3,5-8,10-11,13-21,23-24,30H2,1-2H3;3H,1H2,2H3;2H,1H3/b12-9-,26-4+,28-22+;;. The first kappa shape index (κ1) is 35.2. The van der Waals surface area contributed by atoms with Crippen molar-refractivity contribution in [2.24, 2.45) is 11.7 Å². The van der Waals surface area contributed by atoms with Gasteiger partial charge in [0.2, 0.25) is 0 Å². The topological polar surface area (TPSA) is 68.0 Å². The van der Waals surface area contributed by atoms with Crippen LogP contribution in [0.2, 0.25) is 0 Å². The molecule has 0 bridgehead atoms. The second kappa shape index (κ2) is 21.9. The minimum Gasteiger partial charge on any atom is -0.404 e. The average molecular weight is 544 g/mol. The molecule has 224 valence electrons. The van der Waals surface area contributed by atoms with Crippen LogP contribution in [0.3, 0.4) is 0 Å². The van der Waals surface area contributed by atoms with Gasteiger partial charge in [0.25, 0.3) is 0 Å². The van der Waals surface area contributed by atoms with E-state index < -0.39 is 0 Å². The number of likely N-dealkylation sites (tertiary alicyclic amines) is 1. The van der Waals surface area contributed by atoms with Crippen LogP contribution in [0.15, 0.2) is 60.5 Å². The Morgan fingerprint density at radius 3 is 2.10 bits per heavy atom. The first-order valence-corrected chi connectivity index (χ1v) is 15.4. The van der Waals surface area contributed by atoms with Crippen LogP contribution in [0.4, 0.5) is 0 Å². The van der Waals surface area contributed by atoms with E-state index in [0.717, 1.165) is 56.5 Å². The number of aliphatic hydroxyl groups is 1. The van der Waals surface area contributed by atoms with E-state index in [4.69, 9.17) is 10.8 Å². The molecule has 0 aromatic carbocycles. The molecular weight excluding hydrogens is 482 g/mol. The molecule has 2 heterocycles. The van der Waals surface area contributed by atoms with Crippen LogP contribution in [-0.2, 0) is 0 Å². The summed E-state index contributed by atoms with van der Waals surface area (Å²) < 4.78 is 0. The largest absolute Gasteiger partial charge is 0.404 e. The van der Waals surface area contributed by atoms with Gasteiger partial charge in [-0.15, -0.1) is 6.58 Å². The molecule has 0 spiro atoms. The fraction of sp³-hybridized carbons (Fsp3) is 0.697. The highest BCUT2D eigenvalue weighted by Crippen LogP contribution is 2.23. The molecule has 3 rings (SSSR count). The Labute approximate surface area is 241 Å². The maximum absolute atomic E-state index is 7.00. The minimum absolute atomic E-state index is 0.773. The highest BCUT2D eigenvalue weighted by atomic mass is 16.2. The number of allylic oxidation sites excluding steroid dienone is 3. The average Bonchev–Trinajstić information content (AvgIpc) is 2.99. The van der Waals surface area contributed by atoms with Gasteiger partial charge in [-0.1, -0.05) is 62.6 Å². The Balaban J connectivity index is 0.00000142. The van der Waals surface area contributed by atoms with Gasteiger partial charge >= 0.3 is 0 Å². The van der Waals surface area contributed by atoms with E-state index in [0.29, 0.717) is 0 Å². The lowest BCUT2D eigenvalue weighted by atomic mass is 9.89. The van der Waals surface area contributed by atoms with Crippen LogP contribution < -0.4 is 11.1 Å². The number of hydrogen-bond donors (Lipinski definition) is 3. The maximum atomic E-state index is 7.00. The summed E-state index contributed by atoms with van der Waals surface area (Å²) in [4.78, 5) is 7.96. The van der Waals surface area contributed by atoms with E-state index in [1.165, 1.54) is 84.1 Å². The van der Waals surface area contributed by atoms with Gasteiger partial charge in [0, 0.05) is 76.4 Å². The third kappa shape index (κ3) is 13.9. The summed E-state index contributed by atoms with van der Waals surface area (Å²) in [6.45, 7) is 24.3. The number of aliphatic hydroxyl groups excluding tert-OH is 1. The van der Waals surface area contributed by atoms with Crippen molar-refractivity contribution >= 4 is 0 Å². The van der Waals surface area contributed by atoms with E-state index in [-0.39, 0.29) is 0 Å². The molecule has 4 N–H and O–H groups in total. The molecule has 39 heavy (non-hydrogen) atoms. The van der Waals surface area contributed by atoms with Crippen molar-refractivity contribution in [1.29, 1.82) is 0 Å². The van der Waals surface area contributed by atoms with Crippen molar-refractivity contribution in [3.63, 3.8) is 0 Å².